The van der Waals surface area contributed by atoms with Crippen LogP contribution in [0.4, 0.5) is 0 Å². The third kappa shape index (κ3) is 4.78. The Kier molecular flexibility index (Phi) is 6.98. The number of nitrogens with zero attached hydrogens (tertiary/aromatic N) is 3. The van der Waals surface area contributed by atoms with Crippen molar-refractivity contribution < 1.29 is 0 Å². The summed E-state index contributed by atoms with van der Waals surface area (Å²) in [5.74, 6) is 1.68. The molecular weight excluding hydrogens is 224 g/mol. The molecule has 0 aromatic carbocycles. The Labute approximate surface area is 111 Å². The van der Waals surface area contributed by atoms with Crippen LogP contribution in [0, 0.1) is 0 Å². The van der Waals surface area contributed by atoms with Gasteiger partial charge in [0.1, 0.15) is 5.82 Å². The zero-order valence-electron chi connectivity index (χ0n) is 12.3. The van der Waals surface area contributed by atoms with Crippen LogP contribution < -0.4 is 5.32 Å². The average molecular weight is 252 g/mol. The Hall–Kier alpha value is -0.870. The van der Waals surface area contributed by atoms with E-state index in [0.29, 0.717) is 5.92 Å². The van der Waals surface area contributed by atoms with Gasteiger partial charge in [0.2, 0.25) is 0 Å². The van der Waals surface area contributed by atoms with Gasteiger partial charge >= 0.3 is 0 Å². The maximum absolute atomic E-state index is 4.40. The molecule has 4 nitrogen and oxygen atoms in total. The highest BCUT2D eigenvalue weighted by atomic mass is 15.1. The molecule has 1 aromatic heterocycles. The van der Waals surface area contributed by atoms with E-state index in [4.69, 9.17) is 0 Å². The molecule has 0 saturated heterocycles. The van der Waals surface area contributed by atoms with Crippen molar-refractivity contribution in [3.05, 3.63) is 18.2 Å². The molecule has 18 heavy (non-hydrogen) atoms. The zero-order valence-corrected chi connectivity index (χ0v) is 12.3. The Morgan fingerprint density at radius 3 is 2.61 bits per heavy atom. The lowest BCUT2D eigenvalue weighted by Crippen LogP contribution is -2.33. The van der Waals surface area contributed by atoms with Crippen LogP contribution in [0.15, 0.2) is 12.4 Å². The maximum Gasteiger partial charge on any atom is 0.111 e. The van der Waals surface area contributed by atoms with Crippen molar-refractivity contribution in [2.75, 3.05) is 32.7 Å². The lowest BCUT2D eigenvalue weighted by atomic mass is 10.2. The van der Waals surface area contributed by atoms with Crippen molar-refractivity contribution in [2.24, 2.45) is 0 Å². The maximum atomic E-state index is 4.40. The van der Waals surface area contributed by atoms with Crippen molar-refractivity contribution in [3.8, 4) is 0 Å². The van der Waals surface area contributed by atoms with E-state index in [2.05, 4.69) is 53.7 Å². The van der Waals surface area contributed by atoms with Gasteiger partial charge in [-0.05, 0) is 13.1 Å². The topological polar surface area (TPSA) is 33.1 Å². The molecule has 1 aromatic rings. The fraction of sp³-hybridized carbons (Fsp3) is 0.786. The number of nitrogens with one attached hydrogen (secondary N) is 1. The summed E-state index contributed by atoms with van der Waals surface area (Å²) >= 11 is 0. The molecule has 0 atom stereocenters. The van der Waals surface area contributed by atoms with Gasteiger partial charge in [-0.25, -0.2) is 4.98 Å². The van der Waals surface area contributed by atoms with Crippen LogP contribution in [-0.2, 0) is 6.54 Å². The summed E-state index contributed by atoms with van der Waals surface area (Å²) in [6.45, 7) is 15.3. The summed E-state index contributed by atoms with van der Waals surface area (Å²) in [4.78, 5) is 6.83. The standard InChI is InChI=1S/C14H28N4/c1-5-17(6-2)10-7-15-8-11-18-12-9-16-14(18)13(3)4/h9,12-13,15H,5-8,10-11H2,1-4H3. The Morgan fingerprint density at radius 1 is 1.28 bits per heavy atom. The molecule has 0 radical (unpaired) electrons. The number of hydrogen-bond donors (Lipinski definition) is 1. The predicted molar refractivity (Wildman–Crippen MR) is 77.0 cm³/mol. The van der Waals surface area contributed by atoms with Gasteiger partial charge in [0.25, 0.3) is 0 Å². The number of hydrogen-bond acceptors (Lipinski definition) is 3. The van der Waals surface area contributed by atoms with E-state index in [1.54, 1.807) is 0 Å². The first-order valence-electron chi connectivity index (χ1n) is 7.13. The molecule has 4 heteroatoms. The lowest BCUT2D eigenvalue weighted by molar-refractivity contribution is 0.301. The van der Waals surface area contributed by atoms with Gasteiger partial charge in [0.05, 0.1) is 0 Å². The molecule has 0 bridgehead atoms. The first-order chi connectivity index (χ1) is 8.69. The van der Waals surface area contributed by atoms with E-state index < -0.39 is 0 Å². The fourth-order valence-electron chi connectivity index (χ4n) is 2.11. The van der Waals surface area contributed by atoms with Gasteiger partial charge in [0.15, 0.2) is 0 Å². The highest BCUT2D eigenvalue weighted by molar-refractivity contribution is 4.97. The molecule has 1 N–H and O–H groups in total. The normalized spacial score (nSPS) is 11.7. The summed E-state index contributed by atoms with van der Waals surface area (Å²) in [6.07, 6.45) is 3.96. The highest BCUT2D eigenvalue weighted by Crippen LogP contribution is 2.10. The van der Waals surface area contributed by atoms with Crippen LogP contribution in [0.2, 0.25) is 0 Å². The van der Waals surface area contributed by atoms with Crippen LogP contribution in [0.3, 0.4) is 0 Å². The number of likely N-dealkylation sites (N-methyl/N-ethyl adjacent to an activating group) is 1. The smallest absolute Gasteiger partial charge is 0.111 e. The Bertz CT molecular complexity index is 315. The van der Waals surface area contributed by atoms with Crippen LogP contribution in [0.5, 0.6) is 0 Å². The largest absolute Gasteiger partial charge is 0.333 e. The molecule has 0 amide bonds. The van der Waals surface area contributed by atoms with Gasteiger partial charge in [0, 0.05) is 44.5 Å². The van der Waals surface area contributed by atoms with Crippen molar-refractivity contribution >= 4 is 0 Å². The van der Waals surface area contributed by atoms with Crippen LogP contribution in [-0.4, -0.2) is 47.2 Å². The number of aromatic nitrogens is 2. The summed E-state index contributed by atoms with van der Waals surface area (Å²) in [6, 6.07) is 0. The Morgan fingerprint density at radius 2 is 2.00 bits per heavy atom. The summed E-state index contributed by atoms with van der Waals surface area (Å²) < 4.78 is 2.25. The van der Waals surface area contributed by atoms with E-state index in [0.717, 1.165) is 39.3 Å². The lowest BCUT2D eigenvalue weighted by Gasteiger charge is -2.18. The molecular formula is C14H28N4. The summed E-state index contributed by atoms with van der Waals surface area (Å²) in [5, 5.41) is 3.50. The molecule has 1 rings (SSSR count). The molecule has 0 aliphatic heterocycles. The van der Waals surface area contributed by atoms with Crippen molar-refractivity contribution in [1.82, 2.24) is 19.8 Å². The molecule has 0 saturated carbocycles. The molecule has 1 heterocycles. The third-order valence-electron chi connectivity index (χ3n) is 3.29. The second-order valence-corrected chi connectivity index (χ2v) is 4.91. The van der Waals surface area contributed by atoms with Gasteiger partial charge in [-0.15, -0.1) is 0 Å². The quantitative estimate of drug-likeness (QED) is 0.682. The first-order valence-corrected chi connectivity index (χ1v) is 7.13. The SMILES string of the molecule is CCN(CC)CCNCCn1ccnc1C(C)C. The second-order valence-electron chi connectivity index (χ2n) is 4.91. The van der Waals surface area contributed by atoms with E-state index in [9.17, 15) is 0 Å². The predicted octanol–water partition coefficient (Wildman–Crippen LogP) is 1.94. The van der Waals surface area contributed by atoms with E-state index in [1.165, 1.54) is 5.82 Å². The minimum Gasteiger partial charge on any atom is -0.333 e. The molecule has 0 spiro atoms. The summed E-state index contributed by atoms with van der Waals surface area (Å²) in [5.41, 5.74) is 0. The molecule has 0 aliphatic carbocycles. The molecule has 0 aliphatic rings. The Balaban J connectivity index is 2.20. The van der Waals surface area contributed by atoms with E-state index in [1.807, 2.05) is 6.20 Å². The van der Waals surface area contributed by atoms with Crippen molar-refractivity contribution in [1.29, 1.82) is 0 Å². The molecule has 0 fully saturated rings. The van der Waals surface area contributed by atoms with Crippen molar-refractivity contribution in [2.45, 2.75) is 40.2 Å². The third-order valence-corrected chi connectivity index (χ3v) is 3.29. The molecule has 104 valence electrons. The summed E-state index contributed by atoms with van der Waals surface area (Å²) in [7, 11) is 0. The van der Waals surface area contributed by atoms with Crippen molar-refractivity contribution in [3.63, 3.8) is 0 Å². The van der Waals surface area contributed by atoms with Gasteiger partial charge in [-0.2, -0.15) is 0 Å². The van der Waals surface area contributed by atoms with Gasteiger partial charge < -0.3 is 14.8 Å². The van der Waals surface area contributed by atoms with E-state index >= 15 is 0 Å². The molecule has 0 unspecified atom stereocenters. The highest BCUT2D eigenvalue weighted by Gasteiger charge is 2.06. The minimum atomic E-state index is 0.496. The van der Waals surface area contributed by atoms with Gasteiger partial charge in [-0.3, -0.25) is 0 Å². The minimum absolute atomic E-state index is 0.496. The fourth-order valence-corrected chi connectivity index (χ4v) is 2.11. The van der Waals surface area contributed by atoms with Crippen LogP contribution in [0.25, 0.3) is 0 Å². The first kappa shape index (κ1) is 15.2. The zero-order chi connectivity index (χ0) is 13.4. The number of rotatable bonds is 9. The van der Waals surface area contributed by atoms with E-state index in [-0.39, 0.29) is 0 Å². The van der Waals surface area contributed by atoms with Crippen LogP contribution in [0.1, 0.15) is 39.4 Å². The van der Waals surface area contributed by atoms with Gasteiger partial charge in [-0.1, -0.05) is 27.7 Å². The monoisotopic (exact) mass is 252 g/mol. The van der Waals surface area contributed by atoms with Crippen LogP contribution >= 0.6 is 0 Å². The number of imidazole rings is 1. The second kappa shape index (κ2) is 8.27. The average Bonchev–Trinajstić information content (AvgIpc) is 2.82.